The molecule has 100 valence electrons. The molecule has 3 N–H and O–H groups in total. The fourth-order valence-corrected chi connectivity index (χ4v) is 2.28. The zero-order valence-electron chi connectivity index (χ0n) is 12.1. The Hall–Kier alpha value is -1.35. The van der Waals surface area contributed by atoms with Crippen molar-refractivity contribution in [3.05, 3.63) is 34.4 Å². The molecule has 18 heavy (non-hydrogen) atoms. The van der Waals surface area contributed by atoms with Gasteiger partial charge in [-0.3, -0.25) is 4.79 Å². The fraction of sp³-hybridized carbons (Fsp3) is 0.533. The van der Waals surface area contributed by atoms with Crippen molar-refractivity contribution >= 4 is 5.91 Å². The maximum Gasteiger partial charge on any atom is 0.231 e. The number of rotatable bonds is 5. The van der Waals surface area contributed by atoms with Crippen LogP contribution in [0.1, 0.15) is 36.1 Å². The van der Waals surface area contributed by atoms with Crippen molar-refractivity contribution in [3.63, 3.8) is 0 Å². The second kappa shape index (κ2) is 5.53. The zero-order chi connectivity index (χ0) is 13.9. The highest BCUT2D eigenvalue weighted by atomic mass is 16.1. The first kappa shape index (κ1) is 14.7. The first-order chi connectivity index (χ1) is 8.25. The molecule has 3 nitrogen and oxygen atoms in total. The fourth-order valence-electron chi connectivity index (χ4n) is 2.28. The summed E-state index contributed by atoms with van der Waals surface area (Å²) in [6, 6.07) is 4.34. The lowest BCUT2D eigenvalue weighted by Gasteiger charge is -2.28. The standard InChI is InChI=1S/C15H24N2O/c1-10-6-7-13(12(3)11(10)2)15(4,5)9-17-8-14(16)18/h6-7,17H,8-9H2,1-5H3,(H2,16,18). The van der Waals surface area contributed by atoms with Crippen LogP contribution in [0.15, 0.2) is 12.1 Å². The van der Waals surface area contributed by atoms with Gasteiger partial charge in [-0.05, 0) is 43.0 Å². The van der Waals surface area contributed by atoms with Crippen LogP contribution < -0.4 is 11.1 Å². The van der Waals surface area contributed by atoms with Gasteiger partial charge in [0, 0.05) is 12.0 Å². The Morgan fingerprint density at radius 3 is 2.39 bits per heavy atom. The molecular weight excluding hydrogens is 224 g/mol. The van der Waals surface area contributed by atoms with E-state index in [-0.39, 0.29) is 17.9 Å². The van der Waals surface area contributed by atoms with E-state index in [1.807, 2.05) is 0 Å². The third kappa shape index (κ3) is 3.33. The van der Waals surface area contributed by atoms with Crippen LogP contribution in [-0.2, 0) is 10.2 Å². The molecule has 0 fully saturated rings. The molecule has 1 amide bonds. The highest BCUT2D eigenvalue weighted by molar-refractivity contribution is 5.75. The number of nitrogens with one attached hydrogen (secondary N) is 1. The molecule has 0 spiro atoms. The normalized spacial score (nSPS) is 11.6. The van der Waals surface area contributed by atoms with Crippen molar-refractivity contribution in [1.82, 2.24) is 5.32 Å². The second-order valence-corrected chi connectivity index (χ2v) is 5.63. The summed E-state index contributed by atoms with van der Waals surface area (Å²) < 4.78 is 0. The Kier molecular flexibility index (Phi) is 4.52. The Balaban J connectivity index is 2.91. The van der Waals surface area contributed by atoms with Crippen LogP contribution >= 0.6 is 0 Å². The van der Waals surface area contributed by atoms with Gasteiger partial charge < -0.3 is 11.1 Å². The number of aryl methyl sites for hydroxylation is 1. The Morgan fingerprint density at radius 1 is 1.22 bits per heavy atom. The molecule has 1 aromatic rings. The van der Waals surface area contributed by atoms with Crippen molar-refractivity contribution in [1.29, 1.82) is 0 Å². The monoisotopic (exact) mass is 248 g/mol. The molecule has 0 saturated carbocycles. The number of nitrogens with two attached hydrogens (primary N) is 1. The summed E-state index contributed by atoms with van der Waals surface area (Å²) in [6.45, 7) is 11.8. The molecule has 0 radical (unpaired) electrons. The highest BCUT2D eigenvalue weighted by Gasteiger charge is 2.23. The average molecular weight is 248 g/mol. The van der Waals surface area contributed by atoms with Crippen molar-refractivity contribution in [2.24, 2.45) is 5.73 Å². The molecule has 1 rings (SSSR count). The van der Waals surface area contributed by atoms with Gasteiger partial charge >= 0.3 is 0 Å². The van der Waals surface area contributed by atoms with Crippen LogP contribution in [0.4, 0.5) is 0 Å². The van der Waals surface area contributed by atoms with E-state index in [1.165, 1.54) is 22.3 Å². The summed E-state index contributed by atoms with van der Waals surface area (Å²) in [5.41, 5.74) is 10.4. The summed E-state index contributed by atoms with van der Waals surface area (Å²) in [5, 5.41) is 3.11. The molecule has 0 bridgehead atoms. The maximum absolute atomic E-state index is 10.7. The van der Waals surface area contributed by atoms with E-state index in [1.54, 1.807) is 0 Å². The summed E-state index contributed by atoms with van der Waals surface area (Å²) >= 11 is 0. The van der Waals surface area contributed by atoms with Crippen LogP contribution in [0.2, 0.25) is 0 Å². The van der Waals surface area contributed by atoms with Crippen LogP contribution in [0.3, 0.4) is 0 Å². The van der Waals surface area contributed by atoms with Gasteiger partial charge in [0.25, 0.3) is 0 Å². The van der Waals surface area contributed by atoms with Crippen LogP contribution in [0, 0.1) is 20.8 Å². The number of amides is 1. The lowest BCUT2D eigenvalue weighted by Crippen LogP contribution is -2.38. The molecule has 0 aliphatic heterocycles. The van der Waals surface area contributed by atoms with Gasteiger partial charge in [-0.15, -0.1) is 0 Å². The third-order valence-corrected chi connectivity index (χ3v) is 3.65. The van der Waals surface area contributed by atoms with Crippen molar-refractivity contribution < 1.29 is 4.79 Å². The van der Waals surface area contributed by atoms with Gasteiger partial charge in [-0.25, -0.2) is 0 Å². The second-order valence-electron chi connectivity index (χ2n) is 5.63. The van der Waals surface area contributed by atoms with E-state index in [9.17, 15) is 4.79 Å². The largest absolute Gasteiger partial charge is 0.369 e. The number of carbonyl (C=O) groups is 1. The molecule has 0 unspecified atom stereocenters. The van der Waals surface area contributed by atoms with Gasteiger partial charge in [-0.2, -0.15) is 0 Å². The number of hydrogen-bond acceptors (Lipinski definition) is 2. The molecule has 1 aromatic carbocycles. The predicted molar refractivity (Wildman–Crippen MR) is 75.7 cm³/mol. The number of carbonyl (C=O) groups excluding carboxylic acids is 1. The smallest absolute Gasteiger partial charge is 0.231 e. The van der Waals surface area contributed by atoms with Crippen molar-refractivity contribution in [3.8, 4) is 0 Å². The Labute approximate surface area is 110 Å². The van der Waals surface area contributed by atoms with Gasteiger partial charge in [-0.1, -0.05) is 26.0 Å². The minimum atomic E-state index is -0.317. The molecule has 0 heterocycles. The van der Waals surface area contributed by atoms with Gasteiger partial charge in [0.1, 0.15) is 0 Å². The van der Waals surface area contributed by atoms with E-state index in [2.05, 4.69) is 52.1 Å². The Bertz CT molecular complexity index is 450. The van der Waals surface area contributed by atoms with E-state index in [0.29, 0.717) is 0 Å². The number of benzene rings is 1. The molecule has 0 aliphatic carbocycles. The third-order valence-electron chi connectivity index (χ3n) is 3.65. The minimum absolute atomic E-state index is 0.0159. The predicted octanol–water partition coefficient (Wildman–Crippen LogP) is 1.96. The minimum Gasteiger partial charge on any atom is -0.369 e. The molecule has 0 saturated heterocycles. The summed E-state index contributed by atoms with van der Waals surface area (Å²) in [6.07, 6.45) is 0. The van der Waals surface area contributed by atoms with Gasteiger partial charge in [0.05, 0.1) is 6.54 Å². The average Bonchev–Trinajstić information content (AvgIpc) is 2.24. The van der Waals surface area contributed by atoms with Gasteiger partial charge in [0.2, 0.25) is 5.91 Å². The first-order valence-electron chi connectivity index (χ1n) is 6.32. The Morgan fingerprint density at radius 2 is 1.83 bits per heavy atom. The van der Waals surface area contributed by atoms with Crippen molar-refractivity contribution in [2.75, 3.05) is 13.1 Å². The number of hydrogen-bond donors (Lipinski definition) is 2. The quantitative estimate of drug-likeness (QED) is 0.837. The molecule has 0 atom stereocenters. The van der Waals surface area contributed by atoms with E-state index >= 15 is 0 Å². The molecule has 0 aliphatic rings. The summed E-state index contributed by atoms with van der Waals surface area (Å²) in [7, 11) is 0. The van der Waals surface area contributed by atoms with Crippen LogP contribution in [0.25, 0.3) is 0 Å². The highest BCUT2D eigenvalue weighted by Crippen LogP contribution is 2.28. The topological polar surface area (TPSA) is 55.1 Å². The van der Waals surface area contributed by atoms with E-state index in [0.717, 1.165) is 6.54 Å². The van der Waals surface area contributed by atoms with Crippen molar-refractivity contribution in [2.45, 2.75) is 40.0 Å². The molecular formula is C15H24N2O. The number of primary amides is 1. The van der Waals surface area contributed by atoms with Crippen LogP contribution in [-0.4, -0.2) is 19.0 Å². The lowest BCUT2D eigenvalue weighted by molar-refractivity contribution is -0.117. The van der Waals surface area contributed by atoms with E-state index < -0.39 is 0 Å². The van der Waals surface area contributed by atoms with E-state index in [4.69, 9.17) is 5.73 Å². The zero-order valence-corrected chi connectivity index (χ0v) is 12.1. The lowest BCUT2D eigenvalue weighted by atomic mass is 9.80. The maximum atomic E-state index is 10.7. The summed E-state index contributed by atoms with van der Waals surface area (Å²) in [5.74, 6) is -0.317. The first-order valence-corrected chi connectivity index (χ1v) is 6.32. The molecule has 0 aromatic heterocycles. The summed E-state index contributed by atoms with van der Waals surface area (Å²) in [4.78, 5) is 10.7. The van der Waals surface area contributed by atoms with Gasteiger partial charge in [0.15, 0.2) is 0 Å². The SMILES string of the molecule is Cc1ccc(C(C)(C)CNCC(N)=O)c(C)c1C. The van der Waals surface area contributed by atoms with Crippen LogP contribution in [0.5, 0.6) is 0 Å². The molecule has 3 heteroatoms.